The first kappa shape index (κ1) is 18.3. The van der Waals surface area contributed by atoms with Crippen LogP contribution in [-0.2, 0) is 4.74 Å². The molecule has 0 saturated carbocycles. The fourth-order valence-electron chi connectivity index (χ4n) is 2.16. The van der Waals surface area contributed by atoms with Gasteiger partial charge in [-0.05, 0) is 43.0 Å². The third-order valence-electron chi connectivity index (χ3n) is 3.42. The molecule has 2 unspecified atom stereocenters. The van der Waals surface area contributed by atoms with Gasteiger partial charge in [0, 0.05) is 0 Å². The van der Waals surface area contributed by atoms with Crippen molar-refractivity contribution in [2.75, 3.05) is 0 Å². The molecule has 0 aliphatic heterocycles. The average Bonchev–Trinajstić information content (AvgIpc) is 2.43. The van der Waals surface area contributed by atoms with Crippen molar-refractivity contribution < 1.29 is 27.8 Å². The maximum atomic E-state index is 13.0. The van der Waals surface area contributed by atoms with Crippen molar-refractivity contribution in [2.45, 2.75) is 51.8 Å². The number of phenolic OH excluding ortho intramolecular Hbond substituents is 1. The summed E-state index contributed by atoms with van der Waals surface area (Å²) < 4.78 is 43.6. The van der Waals surface area contributed by atoms with Crippen LogP contribution in [0.25, 0.3) is 0 Å². The molecule has 0 saturated heterocycles. The first-order chi connectivity index (χ1) is 10.2. The van der Waals surface area contributed by atoms with Gasteiger partial charge in [-0.2, -0.15) is 13.2 Å². The van der Waals surface area contributed by atoms with E-state index in [0.29, 0.717) is 6.42 Å². The van der Waals surface area contributed by atoms with E-state index < -0.39 is 18.2 Å². The Labute approximate surface area is 128 Å². The van der Waals surface area contributed by atoms with E-state index in [-0.39, 0.29) is 23.7 Å². The minimum atomic E-state index is -4.58. The van der Waals surface area contributed by atoms with Gasteiger partial charge in [0.15, 0.2) is 6.10 Å². The third kappa shape index (κ3) is 5.95. The normalized spacial score (nSPS) is 14.4. The van der Waals surface area contributed by atoms with Crippen molar-refractivity contribution >= 4 is 5.97 Å². The van der Waals surface area contributed by atoms with Gasteiger partial charge >= 0.3 is 12.1 Å². The largest absolute Gasteiger partial charge is 0.508 e. The molecule has 0 aliphatic carbocycles. The second-order valence-electron chi connectivity index (χ2n) is 5.45. The molecule has 2 atom stereocenters. The highest BCUT2D eigenvalue weighted by molar-refractivity contribution is 5.89. The highest BCUT2D eigenvalue weighted by atomic mass is 19.4. The first-order valence-electron chi connectivity index (χ1n) is 7.30. The summed E-state index contributed by atoms with van der Waals surface area (Å²) in [6.45, 7) is 3.86. The quantitative estimate of drug-likeness (QED) is 0.741. The van der Waals surface area contributed by atoms with Crippen LogP contribution < -0.4 is 0 Å². The molecular weight excluding hydrogens is 297 g/mol. The van der Waals surface area contributed by atoms with Crippen molar-refractivity contribution in [1.82, 2.24) is 0 Å². The van der Waals surface area contributed by atoms with Crippen LogP contribution in [0, 0.1) is 5.92 Å². The Hall–Kier alpha value is -1.72. The number of rotatable bonds is 7. The van der Waals surface area contributed by atoms with Crippen LogP contribution in [0.5, 0.6) is 5.75 Å². The van der Waals surface area contributed by atoms with Gasteiger partial charge in [-0.15, -0.1) is 0 Å². The van der Waals surface area contributed by atoms with Gasteiger partial charge in [0.25, 0.3) is 0 Å². The average molecular weight is 318 g/mol. The van der Waals surface area contributed by atoms with Gasteiger partial charge in [0.2, 0.25) is 0 Å². The summed E-state index contributed by atoms with van der Waals surface area (Å²) in [7, 11) is 0. The number of hydrogen-bond acceptors (Lipinski definition) is 3. The van der Waals surface area contributed by atoms with Gasteiger partial charge in [-0.25, -0.2) is 4.79 Å². The molecule has 6 heteroatoms. The van der Waals surface area contributed by atoms with Gasteiger partial charge in [-0.3, -0.25) is 0 Å². The number of carbonyl (C=O) groups is 1. The van der Waals surface area contributed by atoms with E-state index in [2.05, 4.69) is 4.74 Å². The van der Waals surface area contributed by atoms with Crippen molar-refractivity contribution in [1.29, 1.82) is 0 Å². The zero-order chi connectivity index (χ0) is 16.8. The lowest BCUT2D eigenvalue weighted by atomic mass is 9.98. The van der Waals surface area contributed by atoms with Crippen LogP contribution in [0.2, 0.25) is 0 Å². The molecule has 1 rings (SSSR count). The Morgan fingerprint density at radius 2 is 1.77 bits per heavy atom. The second kappa shape index (κ2) is 8.06. The molecule has 0 fully saturated rings. The predicted molar refractivity (Wildman–Crippen MR) is 76.7 cm³/mol. The van der Waals surface area contributed by atoms with Gasteiger partial charge in [0.1, 0.15) is 5.75 Å². The van der Waals surface area contributed by atoms with E-state index >= 15 is 0 Å². The summed E-state index contributed by atoms with van der Waals surface area (Å²) in [5, 5.41) is 9.11. The van der Waals surface area contributed by atoms with Crippen molar-refractivity contribution in [3.63, 3.8) is 0 Å². The molecule has 0 aliphatic rings. The van der Waals surface area contributed by atoms with Crippen LogP contribution in [0.4, 0.5) is 13.2 Å². The van der Waals surface area contributed by atoms with Crippen LogP contribution >= 0.6 is 0 Å². The Morgan fingerprint density at radius 1 is 1.18 bits per heavy atom. The van der Waals surface area contributed by atoms with E-state index in [1.807, 2.05) is 13.8 Å². The van der Waals surface area contributed by atoms with Crippen molar-refractivity contribution in [3.8, 4) is 5.75 Å². The Bertz CT molecular complexity index is 469. The monoisotopic (exact) mass is 318 g/mol. The van der Waals surface area contributed by atoms with E-state index in [1.165, 1.54) is 24.3 Å². The van der Waals surface area contributed by atoms with Crippen molar-refractivity contribution in [2.24, 2.45) is 5.92 Å². The molecule has 124 valence electrons. The Kier molecular flexibility index (Phi) is 6.71. The van der Waals surface area contributed by atoms with Gasteiger partial charge < -0.3 is 9.84 Å². The molecular formula is C16H21F3O3. The van der Waals surface area contributed by atoms with Crippen molar-refractivity contribution in [3.05, 3.63) is 29.8 Å². The van der Waals surface area contributed by atoms with E-state index in [0.717, 1.165) is 12.8 Å². The number of benzene rings is 1. The maximum absolute atomic E-state index is 13.0. The topological polar surface area (TPSA) is 46.5 Å². The summed E-state index contributed by atoms with van der Waals surface area (Å²) in [5.41, 5.74) is -0.0198. The molecule has 0 radical (unpaired) electrons. The molecule has 0 heterocycles. The Balaban J connectivity index is 2.68. The summed E-state index contributed by atoms with van der Waals surface area (Å²) >= 11 is 0. The zero-order valence-electron chi connectivity index (χ0n) is 12.7. The fraction of sp³-hybridized carbons (Fsp3) is 0.562. The lowest BCUT2D eigenvalue weighted by Crippen LogP contribution is -2.34. The highest BCUT2D eigenvalue weighted by Gasteiger charge is 2.42. The molecule has 0 bridgehead atoms. The van der Waals surface area contributed by atoms with Gasteiger partial charge in [-0.1, -0.05) is 26.7 Å². The van der Waals surface area contributed by atoms with E-state index in [1.54, 1.807) is 0 Å². The number of carbonyl (C=O) groups excluding carboxylic acids is 1. The SMILES string of the molecule is CCCC(C)CCC(OC(=O)c1ccc(O)cc1)C(F)(F)F. The molecule has 1 N–H and O–H groups in total. The summed E-state index contributed by atoms with van der Waals surface area (Å²) in [6, 6.07) is 4.90. The number of esters is 1. The maximum Gasteiger partial charge on any atom is 0.425 e. The first-order valence-corrected chi connectivity index (χ1v) is 7.30. The minimum Gasteiger partial charge on any atom is -0.508 e. The number of halogens is 3. The predicted octanol–water partition coefficient (Wildman–Crippen LogP) is 4.70. The summed E-state index contributed by atoms with van der Waals surface area (Å²) in [6.07, 6.45) is -4.83. The van der Waals surface area contributed by atoms with Crippen LogP contribution in [0.15, 0.2) is 24.3 Å². The Morgan fingerprint density at radius 3 is 2.27 bits per heavy atom. The molecule has 1 aromatic rings. The molecule has 3 nitrogen and oxygen atoms in total. The summed E-state index contributed by atoms with van der Waals surface area (Å²) in [5.74, 6) is -0.954. The molecule has 0 amide bonds. The van der Waals surface area contributed by atoms with Gasteiger partial charge in [0.05, 0.1) is 5.56 Å². The van der Waals surface area contributed by atoms with E-state index in [9.17, 15) is 18.0 Å². The third-order valence-corrected chi connectivity index (χ3v) is 3.42. The lowest BCUT2D eigenvalue weighted by Gasteiger charge is -2.22. The minimum absolute atomic E-state index is 0.0198. The van der Waals surface area contributed by atoms with E-state index in [4.69, 9.17) is 5.11 Å². The van der Waals surface area contributed by atoms with Crippen LogP contribution in [0.3, 0.4) is 0 Å². The molecule has 22 heavy (non-hydrogen) atoms. The number of aromatic hydroxyl groups is 1. The number of alkyl halides is 3. The second-order valence-corrected chi connectivity index (χ2v) is 5.45. The fourth-order valence-corrected chi connectivity index (χ4v) is 2.16. The van der Waals surface area contributed by atoms with Crippen LogP contribution in [-0.4, -0.2) is 23.4 Å². The number of phenols is 1. The molecule has 0 spiro atoms. The summed E-state index contributed by atoms with van der Waals surface area (Å²) in [4.78, 5) is 11.8. The molecule has 1 aromatic carbocycles. The highest BCUT2D eigenvalue weighted by Crippen LogP contribution is 2.29. The number of hydrogen-bond donors (Lipinski definition) is 1. The zero-order valence-corrected chi connectivity index (χ0v) is 12.7. The number of ether oxygens (including phenoxy) is 1. The standard InChI is InChI=1S/C16H21F3O3/c1-3-4-11(2)5-10-14(16(17,18)19)22-15(21)12-6-8-13(20)9-7-12/h6-9,11,14,20H,3-5,10H2,1-2H3. The van der Waals surface area contributed by atoms with Crippen LogP contribution in [0.1, 0.15) is 49.9 Å². The lowest BCUT2D eigenvalue weighted by molar-refractivity contribution is -0.206. The molecule has 0 aromatic heterocycles. The smallest absolute Gasteiger partial charge is 0.425 e.